The first-order chi connectivity index (χ1) is 13.0. The van der Waals surface area contributed by atoms with Crippen LogP contribution in [0.1, 0.15) is 16.1 Å². The number of carbonyl (C=O) groups excluding carboxylic acids is 1. The van der Waals surface area contributed by atoms with E-state index in [4.69, 9.17) is 11.6 Å². The quantitative estimate of drug-likeness (QED) is 0.660. The van der Waals surface area contributed by atoms with E-state index in [9.17, 15) is 13.6 Å². The molecule has 2 N–H and O–H groups in total. The van der Waals surface area contributed by atoms with E-state index in [-0.39, 0.29) is 5.69 Å². The van der Waals surface area contributed by atoms with Crippen LogP contribution in [-0.2, 0) is 6.42 Å². The van der Waals surface area contributed by atoms with Gasteiger partial charge >= 0.3 is 0 Å². The normalized spacial score (nSPS) is 10.5. The zero-order chi connectivity index (χ0) is 19.2. The average molecular weight is 389 g/mol. The number of nitrogens with zero attached hydrogens (tertiary/aromatic N) is 2. The molecule has 1 amide bonds. The van der Waals surface area contributed by atoms with E-state index in [0.29, 0.717) is 17.4 Å². The molecule has 3 rings (SSSR count). The number of benzene rings is 2. The molecule has 0 aliphatic rings. The van der Waals surface area contributed by atoms with Gasteiger partial charge in [-0.3, -0.25) is 4.79 Å². The third kappa shape index (κ3) is 4.98. The van der Waals surface area contributed by atoms with Crippen LogP contribution in [0.25, 0.3) is 0 Å². The summed E-state index contributed by atoms with van der Waals surface area (Å²) in [4.78, 5) is 20.1. The summed E-state index contributed by atoms with van der Waals surface area (Å²) < 4.78 is 27.3. The van der Waals surface area contributed by atoms with Crippen molar-refractivity contribution in [3.63, 3.8) is 0 Å². The minimum absolute atomic E-state index is 0.0124. The monoisotopic (exact) mass is 388 g/mol. The van der Waals surface area contributed by atoms with Crippen LogP contribution >= 0.6 is 11.6 Å². The summed E-state index contributed by atoms with van der Waals surface area (Å²) in [5.41, 5.74) is 0.564. The Hall–Kier alpha value is -3.06. The van der Waals surface area contributed by atoms with Gasteiger partial charge in [0.1, 0.15) is 35.2 Å². The van der Waals surface area contributed by atoms with Crippen LogP contribution < -0.4 is 10.6 Å². The highest BCUT2D eigenvalue weighted by Crippen LogP contribution is 2.19. The summed E-state index contributed by atoms with van der Waals surface area (Å²) in [6, 6.07) is 12.2. The van der Waals surface area contributed by atoms with Gasteiger partial charge in [0, 0.05) is 17.6 Å². The molecular weight excluding hydrogens is 374 g/mol. The van der Waals surface area contributed by atoms with E-state index in [1.54, 1.807) is 0 Å². The van der Waals surface area contributed by atoms with Gasteiger partial charge in [-0.1, -0.05) is 29.8 Å². The van der Waals surface area contributed by atoms with Crippen LogP contribution in [-0.4, -0.2) is 22.4 Å². The van der Waals surface area contributed by atoms with Crippen LogP contribution in [0.2, 0.25) is 5.02 Å². The highest BCUT2D eigenvalue weighted by molar-refractivity contribution is 6.30. The van der Waals surface area contributed by atoms with Crippen molar-refractivity contribution in [2.24, 2.45) is 0 Å². The van der Waals surface area contributed by atoms with E-state index in [1.165, 1.54) is 18.5 Å². The molecular formula is C19H15ClF2N4O. The first-order valence-corrected chi connectivity index (χ1v) is 8.46. The molecule has 2 aromatic carbocycles. The largest absolute Gasteiger partial charge is 0.370 e. The molecule has 0 atom stereocenters. The fourth-order valence-electron chi connectivity index (χ4n) is 2.36. The van der Waals surface area contributed by atoms with Gasteiger partial charge in [0.05, 0.1) is 0 Å². The number of amides is 1. The predicted molar refractivity (Wildman–Crippen MR) is 100.0 cm³/mol. The minimum atomic E-state index is -0.862. The summed E-state index contributed by atoms with van der Waals surface area (Å²) in [5, 5.41) is 5.94. The maximum absolute atomic E-state index is 13.7. The number of hydrogen-bond acceptors (Lipinski definition) is 4. The molecule has 138 valence electrons. The Morgan fingerprint density at radius 3 is 2.44 bits per heavy atom. The van der Waals surface area contributed by atoms with Crippen molar-refractivity contribution in [2.45, 2.75) is 6.42 Å². The van der Waals surface area contributed by atoms with Gasteiger partial charge in [0.15, 0.2) is 0 Å². The lowest BCUT2D eigenvalue weighted by Gasteiger charge is -2.09. The summed E-state index contributed by atoms with van der Waals surface area (Å²) in [5.74, 6) is -2.03. The zero-order valence-electron chi connectivity index (χ0n) is 14.0. The topological polar surface area (TPSA) is 66.9 Å². The van der Waals surface area contributed by atoms with Crippen molar-refractivity contribution in [3.05, 3.63) is 82.8 Å². The summed E-state index contributed by atoms with van der Waals surface area (Å²) >= 11 is 5.85. The van der Waals surface area contributed by atoms with Gasteiger partial charge in [-0.05, 0) is 36.2 Å². The molecule has 0 aliphatic heterocycles. The Bertz CT molecular complexity index is 930. The molecule has 0 unspecified atom stereocenters. The Kier molecular flexibility index (Phi) is 5.93. The standard InChI is InChI=1S/C19H15ClF2N4O/c20-13-6-4-12(5-7-13)8-9-23-17-10-16(24-11-25-17)19(27)26-18-14(21)2-1-3-15(18)22/h1-7,10-11H,8-9H2,(H,26,27)(H,23,24,25). The Balaban J connectivity index is 1.62. The third-order valence-electron chi connectivity index (χ3n) is 3.73. The number of anilines is 2. The Morgan fingerprint density at radius 1 is 1.04 bits per heavy atom. The minimum Gasteiger partial charge on any atom is -0.370 e. The van der Waals surface area contributed by atoms with Gasteiger partial charge in [0.25, 0.3) is 5.91 Å². The molecule has 0 saturated heterocycles. The van der Waals surface area contributed by atoms with Crippen LogP contribution in [0.15, 0.2) is 54.9 Å². The van der Waals surface area contributed by atoms with Crippen molar-refractivity contribution >= 4 is 29.0 Å². The van der Waals surface area contributed by atoms with Gasteiger partial charge in [0.2, 0.25) is 0 Å². The van der Waals surface area contributed by atoms with Gasteiger partial charge in [-0.2, -0.15) is 0 Å². The van der Waals surface area contributed by atoms with Crippen molar-refractivity contribution < 1.29 is 13.6 Å². The Labute approximate surface area is 159 Å². The van der Waals surface area contributed by atoms with Gasteiger partial charge < -0.3 is 10.6 Å². The molecule has 3 aromatic rings. The number of aromatic nitrogens is 2. The molecule has 0 spiro atoms. The highest BCUT2D eigenvalue weighted by atomic mass is 35.5. The second-order valence-corrected chi connectivity index (χ2v) is 6.08. The summed E-state index contributed by atoms with van der Waals surface area (Å²) in [6.45, 7) is 0.571. The van der Waals surface area contributed by atoms with Gasteiger partial charge in [-0.15, -0.1) is 0 Å². The van der Waals surface area contributed by atoms with Crippen LogP contribution in [0.4, 0.5) is 20.3 Å². The maximum Gasteiger partial charge on any atom is 0.274 e. The number of hydrogen-bond donors (Lipinski definition) is 2. The SMILES string of the molecule is O=C(Nc1c(F)cccc1F)c1cc(NCCc2ccc(Cl)cc2)ncn1. The van der Waals surface area contributed by atoms with Crippen LogP contribution in [0.3, 0.4) is 0 Å². The van der Waals surface area contributed by atoms with E-state index in [2.05, 4.69) is 20.6 Å². The van der Waals surface area contributed by atoms with Crippen molar-refractivity contribution in [1.82, 2.24) is 9.97 Å². The first-order valence-electron chi connectivity index (χ1n) is 8.08. The van der Waals surface area contributed by atoms with E-state index in [1.807, 2.05) is 24.3 Å². The van der Waals surface area contributed by atoms with E-state index < -0.39 is 23.2 Å². The Morgan fingerprint density at radius 2 is 1.74 bits per heavy atom. The molecule has 27 heavy (non-hydrogen) atoms. The van der Waals surface area contributed by atoms with Crippen molar-refractivity contribution in [1.29, 1.82) is 0 Å². The highest BCUT2D eigenvalue weighted by Gasteiger charge is 2.15. The molecule has 0 aliphatic carbocycles. The van der Waals surface area contributed by atoms with Crippen LogP contribution in [0, 0.1) is 11.6 Å². The number of carbonyl (C=O) groups is 1. The van der Waals surface area contributed by atoms with Crippen molar-refractivity contribution in [3.8, 4) is 0 Å². The predicted octanol–water partition coefficient (Wildman–Crippen LogP) is 4.32. The smallest absolute Gasteiger partial charge is 0.274 e. The molecule has 1 heterocycles. The molecule has 5 nitrogen and oxygen atoms in total. The number of rotatable bonds is 6. The number of nitrogens with one attached hydrogen (secondary N) is 2. The summed E-state index contributed by atoms with van der Waals surface area (Å²) in [6.07, 6.45) is 1.93. The molecule has 0 bridgehead atoms. The second kappa shape index (κ2) is 8.55. The molecule has 0 saturated carbocycles. The van der Waals surface area contributed by atoms with E-state index in [0.717, 1.165) is 24.1 Å². The van der Waals surface area contributed by atoms with Crippen molar-refractivity contribution in [2.75, 3.05) is 17.2 Å². The molecule has 1 aromatic heterocycles. The fraction of sp³-hybridized carbons (Fsp3) is 0.105. The average Bonchev–Trinajstić information content (AvgIpc) is 2.66. The lowest BCUT2D eigenvalue weighted by molar-refractivity contribution is 0.102. The third-order valence-corrected chi connectivity index (χ3v) is 3.99. The first kappa shape index (κ1) is 18.7. The van der Waals surface area contributed by atoms with E-state index >= 15 is 0 Å². The lowest BCUT2D eigenvalue weighted by atomic mass is 10.1. The molecule has 8 heteroatoms. The number of halogens is 3. The second-order valence-electron chi connectivity index (χ2n) is 5.64. The summed E-state index contributed by atoms with van der Waals surface area (Å²) in [7, 11) is 0. The van der Waals surface area contributed by atoms with Crippen LogP contribution in [0.5, 0.6) is 0 Å². The molecule has 0 radical (unpaired) electrons. The molecule has 0 fully saturated rings. The van der Waals surface area contributed by atoms with Gasteiger partial charge in [-0.25, -0.2) is 18.7 Å². The fourth-order valence-corrected chi connectivity index (χ4v) is 2.48. The number of para-hydroxylation sites is 1. The zero-order valence-corrected chi connectivity index (χ0v) is 14.8. The lowest BCUT2D eigenvalue weighted by Crippen LogP contribution is -2.17. The maximum atomic E-state index is 13.7.